The van der Waals surface area contributed by atoms with Gasteiger partial charge in [-0.05, 0) is 45.6 Å². The minimum atomic E-state index is 0.0388. The number of carbonyl (C=O) groups excluding carboxylic acids is 1. The van der Waals surface area contributed by atoms with Crippen LogP contribution in [-0.4, -0.2) is 16.2 Å². The summed E-state index contributed by atoms with van der Waals surface area (Å²) in [7, 11) is 0. The lowest BCUT2D eigenvalue weighted by Gasteiger charge is -2.30. The van der Waals surface area contributed by atoms with Gasteiger partial charge in [0, 0.05) is 23.0 Å². The summed E-state index contributed by atoms with van der Waals surface area (Å²) in [5.74, 6) is 0.858. The van der Waals surface area contributed by atoms with Gasteiger partial charge < -0.3 is 4.57 Å². The van der Waals surface area contributed by atoms with Crippen LogP contribution in [0.3, 0.4) is 0 Å². The van der Waals surface area contributed by atoms with Gasteiger partial charge in [-0.3, -0.25) is 4.79 Å². The van der Waals surface area contributed by atoms with Crippen molar-refractivity contribution in [3.8, 4) is 0 Å². The van der Waals surface area contributed by atoms with Crippen LogP contribution in [0.4, 0.5) is 0 Å². The van der Waals surface area contributed by atoms with Gasteiger partial charge in [-0.2, -0.15) is 0 Å². The molecule has 0 N–H and O–H groups in total. The van der Waals surface area contributed by atoms with Crippen molar-refractivity contribution >= 4 is 17.4 Å². The molecule has 0 radical (unpaired) electrons. The Morgan fingerprint density at radius 3 is 2.58 bits per heavy atom. The van der Waals surface area contributed by atoms with E-state index in [9.17, 15) is 4.79 Å². The van der Waals surface area contributed by atoms with E-state index in [-0.39, 0.29) is 11.7 Å². The average molecular weight is 282 g/mol. The number of ketones is 1. The molecule has 0 bridgehead atoms. The second kappa shape index (κ2) is 6.13. The highest BCUT2D eigenvalue weighted by Crippen LogP contribution is 2.35. The first-order valence-electron chi connectivity index (χ1n) is 7.33. The molecule has 19 heavy (non-hydrogen) atoms. The van der Waals surface area contributed by atoms with E-state index in [4.69, 9.17) is 11.6 Å². The standard InChI is InChI=1S/C16H24ClNO/c1-11-9-15(16(19)10-17)13(3)18(11)12(2)14-7-5-4-6-8-14/h9,12,14H,4-8,10H2,1-3H3. The maximum absolute atomic E-state index is 11.9. The van der Waals surface area contributed by atoms with Crippen molar-refractivity contribution in [2.24, 2.45) is 5.92 Å². The van der Waals surface area contributed by atoms with Gasteiger partial charge in [-0.25, -0.2) is 0 Å². The molecule has 1 heterocycles. The van der Waals surface area contributed by atoms with Gasteiger partial charge in [0.05, 0.1) is 5.88 Å². The van der Waals surface area contributed by atoms with Crippen LogP contribution in [0.5, 0.6) is 0 Å². The van der Waals surface area contributed by atoms with E-state index in [1.165, 1.54) is 37.8 Å². The number of nitrogens with zero attached hydrogens (tertiary/aromatic N) is 1. The molecule has 3 heteroatoms. The second-order valence-electron chi connectivity index (χ2n) is 5.85. The zero-order valence-electron chi connectivity index (χ0n) is 12.2. The van der Waals surface area contributed by atoms with Crippen molar-refractivity contribution in [1.82, 2.24) is 4.57 Å². The van der Waals surface area contributed by atoms with E-state index in [1.807, 2.05) is 13.0 Å². The van der Waals surface area contributed by atoms with Crippen LogP contribution in [-0.2, 0) is 0 Å². The van der Waals surface area contributed by atoms with E-state index in [0.717, 1.165) is 17.2 Å². The quantitative estimate of drug-likeness (QED) is 0.581. The number of hydrogen-bond donors (Lipinski definition) is 0. The number of hydrogen-bond acceptors (Lipinski definition) is 1. The predicted octanol–water partition coefficient (Wildman–Crippen LogP) is 4.67. The van der Waals surface area contributed by atoms with E-state index >= 15 is 0 Å². The average Bonchev–Trinajstić information content (AvgIpc) is 2.73. The van der Waals surface area contributed by atoms with Crippen molar-refractivity contribution < 1.29 is 4.79 Å². The molecule has 1 aromatic rings. The van der Waals surface area contributed by atoms with E-state index in [1.54, 1.807) is 0 Å². The maximum Gasteiger partial charge on any atom is 0.179 e. The van der Waals surface area contributed by atoms with Crippen molar-refractivity contribution in [2.75, 3.05) is 5.88 Å². The minimum absolute atomic E-state index is 0.0388. The summed E-state index contributed by atoms with van der Waals surface area (Å²) in [6.45, 7) is 6.44. The zero-order valence-corrected chi connectivity index (χ0v) is 13.0. The SMILES string of the molecule is Cc1cc(C(=O)CCl)c(C)n1C(C)C1CCCCC1. The first-order valence-corrected chi connectivity index (χ1v) is 7.87. The molecule has 1 saturated carbocycles. The largest absolute Gasteiger partial charge is 0.345 e. The van der Waals surface area contributed by atoms with E-state index in [2.05, 4.69) is 18.4 Å². The van der Waals surface area contributed by atoms with Crippen molar-refractivity contribution in [1.29, 1.82) is 0 Å². The molecule has 106 valence electrons. The highest BCUT2D eigenvalue weighted by atomic mass is 35.5. The summed E-state index contributed by atoms with van der Waals surface area (Å²) < 4.78 is 2.34. The molecule has 0 amide bonds. The van der Waals surface area contributed by atoms with Crippen molar-refractivity contribution in [3.05, 3.63) is 23.0 Å². The summed E-state index contributed by atoms with van der Waals surface area (Å²) in [6, 6.07) is 2.48. The molecular formula is C16H24ClNO. The summed E-state index contributed by atoms with van der Waals surface area (Å²) in [5.41, 5.74) is 3.07. The zero-order chi connectivity index (χ0) is 14.0. The van der Waals surface area contributed by atoms with Gasteiger partial charge in [-0.15, -0.1) is 11.6 Å². The van der Waals surface area contributed by atoms with Crippen LogP contribution >= 0.6 is 11.6 Å². The number of aryl methyl sites for hydroxylation is 1. The van der Waals surface area contributed by atoms with Gasteiger partial charge >= 0.3 is 0 Å². The Labute approximate surface area is 121 Å². The number of rotatable bonds is 4. The number of halogens is 1. The molecular weight excluding hydrogens is 258 g/mol. The first-order chi connectivity index (χ1) is 9.06. The van der Waals surface area contributed by atoms with Crippen LogP contribution in [0.1, 0.15) is 66.8 Å². The van der Waals surface area contributed by atoms with Gasteiger partial charge in [0.2, 0.25) is 0 Å². The monoisotopic (exact) mass is 281 g/mol. The van der Waals surface area contributed by atoms with Crippen molar-refractivity contribution in [3.63, 3.8) is 0 Å². The molecule has 0 aromatic carbocycles. The second-order valence-corrected chi connectivity index (χ2v) is 6.12. The Morgan fingerprint density at radius 1 is 1.37 bits per heavy atom. The van der Waals surface area contributed by atoms with Crippen molar-refractivity contribution in [2.45, 2.75) is 58.9 Å². The smallest absolute Gasteiger partial charge is 0.179 e. The lowest BCUT2D eigenvalue weighted by molar-refractivity contribution is 0.102. The summed E-state index contributed by atoms with van der Waals surface area (Å²) in [5, 5.41) is 0. The van der Waals surface area contributed by atoms with E-state index < -0.39 is 0 Å². The molecule has 0 aliphatic heterocycles. The van der Waals surface area contributed by atoms with Gasteiger partial charge in [0.1, 0.15) is 0 Å². The highest BCUT2D eigenvalue weighted by molar-refractivity contribution is 6.30. The number of carbonyl (C=O) groups is 1. The molecule has 0 spiro atoms. The van der Waals surface area contributed by atoms with Crippen LogP contribution < -0.4 is 0 Å². The van der Waals surface area contributed by atoms with Crippen LogP contribution in [0.15, 0.2) is 6.07 Å². The molecule has 2 nitrogen and oxygen atoms in total. The molecule has 1 aromatic heterocycles. The van der Waals surface area contributed by atoms with Crippen LogP contribution in [0, 0.1) is 19.8 Å². The molecule has 0 saturated heterocycles. The van der Waals surface area contributed by atoms with Crippen LogP contribution in [0.2, 0.25) is 0 Å². The third kappa shape index (κ3) is 2.89. The highest BCUT2D eigenvalue weighted by Gasteiger charge is 2.25. The lowest BCUT2D eigenvalue weighted by Crippen LogP contribution is -2.21. The Morgan fingerprint density at radius 2 is 2.00 bits per heavy atom. The topological polar surface area (TPSA) is 22.0 Å². The fraction of sp³-hybridized carbons (Fsp3) is 0.688. The molecule has 1 aliphatic rings. The Hall–Kier alpha value is -0.760. The summed E-state index contributed by atoms with van der Waals surface area (Å²) >= 11 is 5.69. The fourth-order valence-corrected chi connectivity index (χ4v) is 3.73. The number of Topliss-reactive ketones (excluding diaryl/α,β-unsaturated/α-hetero) is 1. The fourth-order valence-electron chi connectivity index (χ4n) is 3.59. The van der Waals surface area contributed by atoms with Gasteiger partial charge in [0.15, 0.2) is 5.78 Å². The normalized spacial score (nSPS) is 18.5. The Bertz CT molecular complexity index is 458. The van der Waals surface area contributed by atoms with Crippen LogP contribution in [0.25, 0.3) is 0 Å². The first kappa shape index (κ1) is 14.6. The van der Waals surface area contributed by atoms with E-state index in [0.29, 0.717) is 6.04 Å². The summed E-state index contributed by atoms with van der Waals surface area (Å²) in [6.07, 6.45) is 6.71. The third-order valence-corrected chi connectivity index (χ3v) is 4.89. The molecule has 1 aliphatic carbocycles. The Kier molecular flexibility index (Phi) is 4.72. The van der Waals surface area contributed by atoms with Gasteiger partial charge in [-0.1, -0.05) is 19.3 Å². The maximum atomic E-state index is 11.9. The van der Waals surface area contributed by atoms with Gasteiger partial charge in [0.25, 0.3) is 0 Å². The minimum Gasteiger partial charge on any atom is -0.345 e. The molecule has 2 rings (SSSR count). The third-order valence-electron chi connectivity index (χ3n) is 4.65. The summed E-state index contributed by atoms with van der Waals surface area (Å²) in [4.78, 5) is 11.9. The molecule has 1 fully saturated rings. The molecule has 1 unspecified atom stereocenters. The lowest BCUT2D eigenvalue weighted by atomic mass is 9.84. The Balaban J connectivity index is 2.28. The number of alkyl halides is 1. The number of aromatic nitrogens is 1. The molecule has 1 atom stereocenters. The predicted molar refractivity (Wildman–Crippen MR) is 80.2 cm³/mol.